The first-order valence-electron chi connectivity index (χ1n) is 9.86. The summed E-state index contributed by atoms with van der Waals surface area (Å²) in [6, 6.07) is 26.3. The van der Waals surface area contributed by atoms with Gasteiger partial charge in [-0.25, -0.2) is 0 Å². The summed E-state index contributed by atoms with van der Waals surface area (Å²) in [6.07, 6.45) is 6.62. The largest absolute Gasteiger partial charge is 0.322 e. The van der Waals surface area contributed by atoms with Gasteiger partial charge in [0.05, 0.1) is 0 Å². The Morgan fingerprint density at radius 2 is 1.44 bits per heavy atom. The van der Waals surface area contributed by atoms with Crippen LogP contribution in [-0.4, -0.2) is 5.91 Å². The Morgan fingerprint density at radius 3 is 2.19 bits per heavy atom. The molecule has 0 aromatic heterocycles. The first-order valence-corrected chi connectivity index (χ1v) is 9.86. The Hall–Kier alpha value is -2.87. The highest BCUT2D eigenvalue weighted by Crippen LogP contribution is 2.33. The topological polar surface area (TPSA) is 29.1 Å². The van der Waals surface area contributed by atoms with Crippen LogP contribution in [0.4, 0.5) is 5.69 Å². The molecule has 1 saturated carbocycles. The van der Waals surface area contributed by atoms with Crippen LogP contribution < -0.4 is 5.32 Å². The maximum atomic E-state index is 12.7. The summed E-state index contributed by atoms with van der Waals surface area (Å²) >= 11 is 0. The molecule has 1 fully saturated rings. The zero-order valence-electron chi connectivity index (χ0n) is 15.5. The van der Waals surface area contributed by atoms with E-state index in [1.165, 1.54) is 37.7 Å². The van der Waals surface area contributed by atoms with Crippen molar-refractivity contribution in [3.63, 3.8) is 0 Å². The Kier molecular flexibility index (Phi) is 5.34. The fourth-order valence-corrected chi connectivity index (χ4v) is 3.95. The summed E-state index contributed by atoms with van der Waals surface area (Å²) in [5.41, 5.74) is 5.09. The minimum absolute atomic E-state index is 0.0711. The van der Waals surface area contributed by atoms with E-state index in [1.54, 1.807) is 0 Å². The number of amides is 1. The van der Waals surface area contributed by atoms with Crippen molar-refractivity contribution in [2.75, 3.05) is 5.32 Å². The predicted molar refractivity (Wildman–Crippen MR) is 112 cm³/mol. The summed E-state index contributed by atoms with van der Waals surface area (Å²) in [6.45, 7) is 0. The number of hydrogen-bond donors (Lipinski definition) is 1. The highest BCUT2D eigenvalue weighted by atomic mass is 16.1. The molecule has 0 radical (unpaired) electrons. The van der Waals surface area contributed by atoms with E-state index in [1.807, 2.05) is 54.6 Å². The molecule has 0 aliphatic heterocycles. The summed E-state index contributed by atoms with van der Waals surface area (Å²) in [5.74, 6) is 0.615. The minimum atomic E-state index is -0.0711. The van der Waals surface area contributed by atoms with Gasteiger partial charge >= 0.3 is 0 Å². The van der Waals surface area contributed by atoms with Crippen LogP contribution in [-0.2, 0) is 0 Å². The van der Waals surface area contributed by atoms with Crippen LogP contribution in [0.1, 0.15) is 53.9 Å². The van der Waals surface area contributed by atoms with Crippen molar-refractivity contribution in [3.05, 3.63) is 90.0 Å². The van der Waals surface area contributed by atoms with E-state index < -0.39 is 0 Å². The van der Waals surface area contributed by atoms with Gasteiger partial charge in [0.25, 0.3) is 5.91 Å². The van der Waals surface area contributed by atoms with E-state index in [4.69, 9.17) is 0 Å². The first-order chi connectivity index (χ1) is 13.3. The third-order valence-corrected chi connectivity index (χ3v) is 5.48. The quantitative estimate of drug-likeness (QED) is 0.557. The number of carbonyl (C=O) groups is 1. The van der Waals surface area contributed by atoms with Crippen molar-refractivity contribution in [2.24, 2.45) is 0 Å². The molecule has 0 spiro atoms. The van der Waals surface area contributed by atoms with Gasteiger partial charge < -0.3 is 5.32 Å². The lowest BCUT2D eigenvalue weighted by atomic mass is 9.84. The third kappa shape index (κ3) is 4.28. The fraction of sp³-hybridized carbons (Fsp3) is 0.240. The summed E-state index contributed by atoms with van der Waals surface area (Å²) in [5, 5.41) is 3.03. The molecule has 0 bridgehead atoms. The van der Waals surface area contributed by atoms with Crippen molar-refractivity contribution < 1.29 is 4.79 Å². The van der Waals surface area contributed by atoms with Gasteiger partial charge in [0.2, 0.25) is 0 Å². The number of rotatable bonds is 4. The molecule has 1 aliphatic carbocycles. The second kappa shape index (κ2) is 8.22. The first kappa shape index (κ1) is 17.5. The maximum Gasteiger partial charge on any atom is 0.255 e. The molecule has 27 heavy (non-hydrogen) atoms. The molecule has 1 amide bonds. The Labute approximate surface area is 161 Å². The standard InChI is InChI=1S/C25H25NO/c27-25(23-13-7-12-22(18-23)20-10-5-2-6-11-20)26-24-16-14-21(15-17-24)19-8-3-1-4-9-19/h2,5-7,10-19H,1,3-4,8-9H2,(H,26,27). The van der Waals surface area contributed by atoms with Gasteiger partial charge in [-0.15, -0.1) is 0 Å². The van der Waals surface area contributed by atoms with Gasteiger partial charge in [-0.2, -0.15) is 0 Å². The summed E-state index contributed by atoms with van der Waals surface area (Å²) in [7, 11) is 0. The van der Waals surface area contributed by atoms with Crippen LogP contribution in [0.5, 0.6) is 0 Å². The van der Waals surface area contributed by atoms with Crippen LogP contribution in [0.25, 0.3) is 11.1 Å². The van der Waals surface area contributed by atoms with E-state index in [9.17, 15) is 4.79 Å². The molecule has 3 aromatic carbocycles. The van der Waals surface area contributed by atoms with Crippen molar-refractivity contribution in [1.82, 2.24) is 0 Å². The van der Waals surface area contributed by atoms with Gasteiger partial charge in [-0.1, -0.05) is 73.9 Å². The van der Waals surface area contributed by atoms with Crippen molar-refractivity contribution in [2.45, 2.75) is 38.0 Å². The van der Waals surface area contributed by atoms with Crippen LogP contribution >= 0.6 is 0 Å². The molecule has 4 rings (SSSR count). The van der Waals surface area contributed by atoms with Crippen LogP contribution in [0.2, 0.25) is 0 Å². The lowest BCUT2D eigenvalue weighted by Gasteiger charge is -2.22. The molecular formula is C25H25NO. The molecule has 0 saturated heterocycles. The van der Waals surface area contributed by atoms with E-state index in [0.29, 0.717) is 11.5 Å². The molecule has 3 aromatic rings. The monoisotopic (exact) mass is 355 g/mol. The predicted octanol–water partition coefficient (Wildman–Crippen LogP) is 6.65. The van der Waals surface area contributed by atoms with Crippen molar-refractivity contribution in [1.29, 1.82) is 0 Å². The van der Waals surface area contributed by atoms with E-state index in [0.717, 1.165) is 16.8 Å². The van der Waals surface area contributed by atoms with Crippen LogP contribution in [0.15, 0.2) is 78.9 Å². The zero-order valence-corrected chi connectivity index (χ0v) is 15.5. The Bertz CT molecular complexity index is 893. The lowest BCUT2D eigenvalue weighted by Crippen LogP contribution is -2.12. The van der Waals surface area contributed by atoms with Crippen molar-refractivity contribution in [3.8, 4) is 11.1 Å². The van der Waals surface area contributed by atoms with Gasteiger partial charge in [-0.3, -0.25) is 4.79 Å². The van der Waals surface area contributed by atoms with Crippen LogP contribution in [0, 0.1) is 0 Å². The summed E-state index contributed by atoms with van der Waals surface area (Å²) in [4.78, 5) is 12.7. The fourth-order valence-electron chi connectivity index (χ4n) is 3.95. The minimum Gasteiger partial charge on any atom is -0.322 e. The molecule has 136 valence electrons. The van der Waals surface area contributed by atoms with Gasteiger partial charge in [0.1, 0.15) is 0 Å². The lowest BCUT2D eigenvalue weighted by molar-refractivity contribution is 0.102. The maximum absolute atomic E-state index is 12.7. The average Bonchev–Trinajstić information content (AvgIpc) is 2.75. The van der Waals surface area contributed by atoms with E-state index in [-0.39, 0.29) is 5.91 Å². The Morgan fingerprint density at radius 1 is 0.741 bits per heavy atom. The smallest absolute Gasteiger partial charge is 0.255 e. The molecule has 1 N–H and O–H groups in total. The molecule has 2 nitrogen and oxygen atoms in total. The SMILES string of the molecule is O=C(Nc1ccc(C2CCCCC2)cc1)c1cccc(-c2ccccc2)c1. The molecule has 0 heterocycles. The molecule has 0 unspecified atom stereocenters. The van der Waals surface area contributed by atoms with Gasteiger partial charge in [0.15, 0.2) is 0 Å². The van der Waals surface area contributed by atoms with Crippen molar-refractivity contribution >= 4 is 11.6 Å². The number of anilines is 1. The summed E-state index contributed by atoms with van der Waals surface area (Å²) < 4.78 is 0. The second-order valence-electron chi connectivity index (χ2n) is 7.36. The molecular weight excluding hydrogens is 330 g/mol. The molecule has 0 atom stereocenters. The molecule has 1 aliphatic rings. The Balaban J connectivity index is 1.46. The van der Waals surface area contributed by atoms with Gasteiger partial charge in [-0.05, 0) is 59.7 Å². The molecule has 2 heteroatoms. The number of hydrogen-bond acceptors (Lipinski definition) is 1. The number of nitrogens with one attached hydrogen (secondary N) is 1. The van der Waals surface area contributed by atoms with Crippen LogP contribution in [0.3, 0.4) is 0 Å². The zero-order chi connectivity index (χ0) is 18.5. The average molecular weight is 355 g/mol. The highest BCUT2D eigenvalue weighted by molar-refractivity contribution is 6.04. The highest BCUT2D eigenvalue weighted by Gasteiger charge is 2.15. The number of carbonyl (C=O) groups excluding carboxylic acids is 1. The number of benzene rings is 3. The van der Waals surface area contributed by atoms with E-state index in [2.05, 4.69) is 29.6 Å². The second-order valence-corrected chi connectivity index (χ2v) is 7.36. The normalized spacial score (nSPS) is 14.7. The van der Waals surface area contributed by atoms with Gasteiger partial charge in [0, 0.05) is 11.3 Å². The van der Waals surface area contributed by atoms with E-state index >= 15 is 0 Å². The third-order valence-electron chi connectivity index (χ3n) is 5.48.